The summed E-state index contributed by atoms with van der Waals surface area (Å²) in [6.45, 7) is 3.72. The molecule has 0 bridgehead atoms. The van der Waals surface area contributed by atoms with Crippen LogP contribution in [0.2, 0.25) is 0 Å². The summed E-state index contributed by atoms with van der Waals surface area (Å²) in [4.78, 5) is 0. The summed E-state index contributed by atoms with van der Waals surface area (Å²) in [7, 11) is 0. The zero-order valence-corrected chi connectivity index (χ0v) is 7.73. The SMILES string of the molecule is CC(C)C(O)c1ccc(O)cc1O. The number of aliphatic hydroxyl groups is 1. The highest BCUT2D eigenvalue weighted by atomic mass is 16.3. The highest BCUT2D eigenvalue weighted by molar-refractivity contribution is 5.40. The number of phenols is 2. The van der Waals surface area contributed by atoms with Gasteiger partial charge in [-0.3, -0.25) is 0 Å². The first-order chi connectivity index (χ1) is 6.02. The molecule has 0 amide bonds. The average molecular weight is 182 g/mol. The molecule has 0 aliphatic heterocycles. The number of benzene rings is 1. The molecule has 0 aliphatic rings. The van der Waals surface area contributed by atoms with E-state index >= 15 is 0 Å². The van der Waals surface area contributed by atoms with Crippen LogP contribution in [-0.4, -0.2) is 15.3 Å². The van der Waals surface area contributed by atoms with E-state index in [1.165, 1.54) is 18.2 Å². The molecule has 1 aromatic carbocycles. The largest absolute Gasteiger partial charge is 0.508 e. The van der Waals surface area contributed by atoms with Gasteiger partial charge in [0, 0.05) is 11.6 Å². The first kappa shape index (κ1) is 9.86. The van der Waals surface area contributed by atoms with Crippen LogP contribution in [-0.2, 0) is 0 Å². The fourth-order valence-corrected chi connectivity index (χ4v) is 1.14. The third kappa shape index (κ3) is 2.12. The van der Waals surface area contributed by atoms with Crippen LogP contribution in [0.4, 0.5) is 0 Å². The fourth-order valence-electron chi connectivity index (χ4n) is 1.14. The van der Waals surface area contributed by atoms with Gasteiger partial charge >= 0.3 is 0 Å². The van der Waals surface area contributed by atoms with Crippen LogP contribution in [0.3, 0.4) is 0 Å². The number of phenolic OH excluding ortho intramolecular Hbond substituents is 2. The van der Waals surface area contributed by atoms with Gasteiger partial charge in [-0.05, 0) is 18.1 Å². The third-order valence-corrected chi connectivity index (χ3v) is 1.96. The van der Waals surface area contributed by atoms with Crippen molar-refractivity contribution in [3.05, 3.63) is 23.8 Å². The molecule has 0 aromatic heterocycles. The molecule has 3 N–H and O–H groups in total. The van der Waals surface area contributed by atoms with Gasteiger partial charge in [-0.2, -0.15) is 0 Å². The first-order valence-corrected chi connectivity index (χ1v) is 4.22. The van der Waals surface area contributed by atoms with Gasteiger partial charge in [-0.15, -0.1) is 0 Å². The van der Waals surface area contributed by atoms with Gasteiger partial charge in [0.15, 0.2) is 0 Å². The summed E-state index contributed by atoms with van der Waals surface area (Å²) >= 11 is 0. The molecule has 0 spiro atoms. The van der Waals surface area contributed by atoms with Crippen LogP contribution in [0.15, 0.2) is 18.2 Å². The standard InChI is InChI=1S/C10H14O3/c1-6(2)10(13)8-4-3-7(11)5-9(8)12/h3-6,10-13H,1-2H3. The van der Waals surface area contributed by atoms with Crippen LogP contribution >= 0.6 is 0 Å². The van der Waals surface area contributed by atoms with E-state index in [0.29, 0.717) is 5.56 Å². The van der Waals surface area contributed by atoms with Gasteiger partial charge in [0.05, 0.1) is 6.10 Å². The maximum Gasteiger partial charge on any atom is 0.125 e. The van der Waals surface area contributed by atoms with E-state index in [2.05, 4.69) is 0 Å². The molecule has 1 rings (SSSR count). The van der Waals surface area contributed by atoms with Crippen molar-refractivity contribution in [2.45, 2.75) is 20.0 Å². The summed E-state index contributed by atoms with van der Waals surface area (Å²) in [5, 5.41) is 28.0. The molecule has 0 heterocycles. The molecule has 1 unspecified atom stereocenters. The Balaban J connectivity index is 3.01. The van der Waals surface area contributed by atoms with Crippen LogP contribution in [0.25, 0.3) is 0 Å². The molecule has 0 fully saturated rings. The topological polar surface area (TPSA) is 60.7 Å². The average Bonchev–Trinajstić information content (AvgIpc) is 2.03. The minimum Gasteiger partial charge on any atom is -0.508 e. The summed E-state index contributed by atoms with van der Waals surface area (Å²) in [6.07, 6.45) is -0.694. The lowest BCUT2D eigenvalue weighted by atomic mass is 9.98. The summed E-state index contributed by atoms with van der Waals surface area (Å²) < 4.78 is 0. The van der Waals surface area contributed by atoms with Crippen molar-refractivity contribution in [2.75, 3.05) is 0 Å². The van der Waals surface area contributed by atoms with Crippen LogP contribution in [0.1, 0.15) is 25.5 Å². The Hall–Kier alpha value is -1.22. The van der Waals surface area contributed by atoms with Gasteiger partial charge in [0.25, 0.3) is 0 Å². The van der Waals surface area contributed by atoms with E-state index in [4.69, 9.17) is 5.11 Å². The van der Waals surface area contributed by atoms with E-state index in [1.54, 1.807) is 0 Å². The minimum absolute atomic E-state index is 0.00259. The van der Waals surface area contributed by atoms with E-state index in [9.17, 15) is 10.2 Å². The fraction of sp³-hybridized carbons (Fsp3) is 0.400. The Morgan fingerprint density at radius 2 is 1.77 bits per heavy atom. The normalized spacial score (nSPS) is 13.2. The quantitative estimate of drug-likeness (QED) is 0.653. The van der Waals surface area contributed by atoms with Gasteiger partial charge in [0.1, 0.15) is 11.5 Å². The van der Waals surface area contributed by atoms with Crippen molar-refractivity contribution in [1.29, 1.82) is 0 Å². The third-order valence-electron chi connectivity index (χ3n) is 1.96. The predicted octanol–water partition coefficient (Wildman–Crippen LogP) is 1.79. The molecule has 0 saturated carbocycles. The monoisotopic (exact) mass is 182 g/mol. The van der Waals surface area contributed by atoms with E-state index in [1.807, 2.05) is 13.8 Å². The first-order valence-electron chi connectivity index (χ1n) is 4.22. The van der Waals surface area contributed by atoms with Crippen molar-refractivity contribution >= 4 is 0 Å². The second-order valence-electron chi connectivity index (χ2n) is 3.43. The van der Waals surface area contributed by atoms with Crippen molar-refractivity contribution in [1.82, 2.24) is 0 Å². The van der Waals surface area contributed by atoms with Gasteiger partial charge < -0.3 is 15.3 Å². The second-order valence-corrected chi connectivity index (χ2v) is 3.43. The molecule has 1 atom stereocenters. The predicted molar refractivity (Wildman–Crippen MR) is 49.6 cm³/mol. The minimum atomic E-state index is -0.694. The molecule has 0 aliphatic carbocycles. The Kier molecular flexibility index (Phi) is 2.78. The van der Waals surface area contributed by atoms with Crippen LogP contribution < -0.4 is 0 Å². The Labute approximate surface area is 77.3 Å². The summed E-state index contributed by atoms with van der Waals surface area (Å²) in [6, 6.07) is 4.19. The maximum atomic E-state index is 9.63. The van der Waals surface area contributed by atoms with Crippen molar-refractivity contribution in [3.8, 4) is 11.5 Å². The molecule has 1 aromatic rings. The molecule has 72 valence electrons. The Bertz CT molecular complexity index is 294. The lowest BCUT2D eigenvalue weighted by Gasteiger charge is -2.15. The number of hydrogen-bond acceptors (Lipinski definition) is 3. The molecular formula is C10H14O3. The number of hydrogen-bond donors (Lipinski definition) is 3. The highest BCUT2D eigenvalue weighted by Gasteiger charge is 2.15. The molecule has 0 saturated heterocycles. The lowest BCUT2D eigenvalue weighted by molar-refractivity contribution is 0.124. The van der Waals surface area contributed by atoms with Gasteiger partial charge in [-0.25, -0.2) is 0 Å². The summed E-state index contributed by atoms with van der Waals surface area (Å²) in [5.41, 5.74) is 0.452. The number of rotatable bonds is 2. The Morgan fingerprint density at radius 3 is 2.23 bits per heavy atom. The molecule has 3 heteroatoms. The van der Waals surface area contributed by atoms with Crippen LogP contribution in [0.5, 0.6) is 11.5 Å². The van der Waals surface area contributed by atoms with E-state index in [0.717, 1.165) is 0 Å². The van der Waals surface area contributed by atoms with Gasteiger partial charge in [-0.1, -0.05) is 13.8 Å². The zero-order chi connectivity index (χ0) is 10.0. The second kappa shape index (κ2) is 3.66. The summed E-state index contributed by atoms with van der Waals surface area (Å²) in [5.74, 6) is -0.0335. The molecule has 0 radical (unpaired) electrons. The van der Waals surface area contributed by atoms with Crippen molar-refractivity contribution in [2.24, 2.45) is 5.92 Å². The number of aromatic hydroxyl groups is 2. The highest BCUT2D eigenvalue weighted by Crippen LogP contribution is 2.31. The smallest absolute Gasteiger partial charge is 0.125 e. The van der Waals surface area contributed by atoms with E-state index < -0.39 is 6.10 Å². The van der Waals surface area contributed by atoms with Crippen molar-refractivity contribution in [3.63, 3.8) is 0 Å². The molecule has 13 heavy (non-hydrogen) atoms. The lowest BCUT2D eigenvalue weighted by Crippen LogP contribution is -2.05. The van der Waals surface area contributed by atoms with Crippen molar-refractivity contribution < 1.29 is 15.3 Å². The Morgan fingerprint density at radius 1 is 1.15 bits per heavy atom. The van der Waals surface area contributed by atoms with Gasteiger partial charge in [0.2, 0.25) is 0 Å². The molecule has 3 nitrogen and oxygen atoms in total. The number of aliphatic hydroxyl groups excluding tert-OH is 1. The van der Waals surface area contributed by atoms with Crippen LogP contribution in [0, 0.1) is 5.92 Å². The molecular weight excluding hydrogens is 168 g/mol. The zero-order valence-electron chi connectivity index (χ0n) is 7.73. The maximum absolute atomic E-state index is 9.63. The van der Waals surface area contributed by atoms with E-state index in [-0.39, 0.29) is 17.4 Å².